The molecule has 80 valence electrons. The van der Waals surface area contributed by atoms with E-state index in [4.69, 9.17) is 0 Å². The number of carbonyl (C=O) groups is 1. The van der Waals surface area contributed by atoms with Crippen molar-refractivity contribution in [1.29, 1.82) is 0 Å². The first-order chi connectivity index (χ1) is 6.47. The maximum atomic E-state index is 11.8. The highest BCUT2D eigenvalue weighted by Crippen LogP contribution is 2.57. The molecule has 2 aliphatic carbocycles. The molecule has 2 aliphatic rings. The standard InChI is InChI=1S/C12H20O2/c1-7(2)8-6-10(14)11-9(13)4-5-12(8,11)3/h7-9,11,13H,4-6H2,1-3H3/t8-,9-,11+,12-/m1/s1. The van der Waals surface area contributed by atoms with Crippen molar-refractivity contribution in [3.05, 3.63) is 0 Å². The third-order valence-corrected chi connectivity index (χ3v) is 4.49. The molecule has 0 saturated heterocycles. The van der Waals surface area contributed by atoms with E-state index in [0.717, 1.165) is 12.8 Å². The molecule has 2 saturated carbocycles. The van der Waals surface area contributed by atoms with Crippen molar-refractivity contribution >= 4 is 5.78 Å². The first kappa shape index (κ1) is 10.2. The number of aliphatic hydroxyl groups is 1. The summed E-state index contributed by atoms with van der Waals surface area (Å²) in [6.07, 6.45) is 2.16. The zero-order valence-electron chi connectivity index (χ0n) is 9.29. The van der Waals surface area contributed by atoms with Gasteiger partial charge in [0, 0.05) is 12.3 Å². The van der Waals surface area contributed by atoms with Crippen LogP contribution in [0.1, 0.15) is 40.0 Å². The van der Waals surface area contributed by atoms with Crippen LogP contribution in [-0.2, 0) is 4.79 Å². The molecule has 0 spiro atoms. The molecule has 0 aromatic heterocycles. The normalized spacial score (nSPS) is 47.5. The molecule has 0 amide bonds. The Kier molecular flexibility index (Phi) is 2.22. The summed E-state index contributed by atoms with van der Waals surface area (Å²) in [4.78, 5) is 11.8. The van der Waals surface area contributed by atoms with Crippen LogP contribution < -0.4 is 0 Å². The lowest BCUT2D eigenvalue weighted by atomic mass is 9.71. The van der Waals surface area contributed by atoms with E-state index in [-0.39, 0.29) is 17.4 Å². The topological polar surface area (TPSA) is 37.3 Å². The Bertz CT molecular complexity index is 259. The summed E-state index contributed by atoms with van der Waals surface area (Å²) in [6.45, 7) is 6.58. The Hall–Kier alpha value is -0.370. The third kappa shape index (κ3) is 1.16. The summed E-state index contributed by atoms with van der Waals surface area (Å²) in [5, 5.41) is 9.81. The fourth-order valence-electron chi connectivity index (χ4n) is 3.79. The van der Waals surface area contributed by atoms with Gasteiger partial charge in [0.25, 0.3) is 0 Å². The van der Waals surface area contributed by atoms with Gasteiger partial charge in [-0.15, -0.1) is 0 Å². The average molecular weight is 196 g/mol. The van der Waals surface area contributed by atoms with Crippen molar-refractivity contribution in [2.75, 3.05) is 0 Å². The van der Waals surface area contributed by atoms with Gasteiger partial charge in [-0.1, -0.05) is 20.8 Å². The molecular weight excluding hydrogens is 176 g/mol. The second-order valence-corrected chi connectivity index (χ2v) is 5.61. The highest BCUT2D eigenvalue weighted by molar-refractivity contribution is 5.85. The van der Waals surface area contributed by atoms with Crippen molar-refractivity contribution in [3.63, 3.8) is 0 Å². The summed E-state index contributed by atoms with van der Waals surface area (Å²) in [7, 11) is 0. The highest BCUT2D eigenvalue weighted by Gasteiger charge is 2.58. The summed E-state index contributed by atoms with van der Waals surface area (Å²) < 4.78 is 0. The molecule has 4 atom stereocenters. The number of ketones is 1. The van der Waals surface area contributed by atoms with Crippen LogP contribution in [-0.4, -0.2) is 17.0 Å². The monoisotopic (exact) mass is 196 g/mol. The molecule has 0 aromatic carbocycles. The lowest BCUT2D eigenvalue weighted by molar-refractivity contribution is -0.124. The Labute approximate surface area is 85.7 Å². The van der Waals surface area contributed by atoms with Gasteiger partial charge < -0.3 is 5.11 Å². The molecule has 14 heavy (non-hydrogen) atoms. The van der Waals surface area contributed by atoms with Crippen molar-refractivity contribution in [3.8, 4) is 0 Å². The van der Waals surface area contributed by atoms with Crippen LogP contribution in [0.3, 0.4) is 0 Å². The van der Waals surface area contributed by atoms with Gasteiger partial charge in [0.2, 0.25) is 0 Å². The highest BCUT2D eigenvalue weighted by atomic mass is 16.3. The molecule has 0 heterocycles. The minimum Gasteiger partial charge on any atom is -0.392 e. The molecule has 0 unspecified atom stereocenters. The smallest absolute Gasteiger partial charge is 0.139 e. The maximum Gasteiger partial charge on any atom is 0.139 e. The van der Waals surface area contributed by atoms with Gasteiger partial charge in [-0.2, -0.15) is 0 Å². The van der Waals surface area contributed by atoms with E-state index in [1.54, 1.807) is 0 Å². The number of carbonyl (C=O) groups excluding carboxylic acids is 1. The Morgan fingerprint density at radius 1 is 1.50 bits per heavy atom. The number of hydrogen-bond donors (Lipinski definition) is 1. The van der Waals surface area contributed by atoms with Crippen LogP contribution in [0.2, 0.25) is 0 Å². The van der Waals surface area contributed by atoms with Crippen molar-refractivity contribution in [2.45, 2.75) is 46.1 Å². The van der Waals surface area contributed by atoms with E-state index in [0.29, 0.717) is 24.0 Å². The molecule has 2 rings (SSSR count). The number of fused-ring (bicyclic) bond motifs is 1. The number of hydrogen-bond acceptors (Lipinski definition) is 2. The molecule has 0 bridgehead atoms. The van der Waals surface area contributed by atoms with E-state index in [9.17, 15) is 9.90 Å². The van der Waals surface area contributed by atoms with Crippen LogP contribution in [0.25, 0.3) is 0 Å². The number of rotatable bonds is 1. The van der Waals surface area contributed by atoms with Crippen molar-refractivity contribution in [2.24, 2.45) is 23.2 Å². The van der Waals surface area contributed by atoms with E-state index in [1.165, 1.54) is 0 Å². The molecule has 0 radical (unpaired) electrons. The lowest BCUT2D eigenvalue weighted by Crippen LogP contribution is -2.31. The summed E-state index contributed by atoms with van der Waals surface area (Å²) in [5.74, 6) is 1.28. The first-order valence-electron chi connectivity index (χ1n) is 5.67. The van der Waals surface area contributed by atoms with Crippen molar-refractivity contribution in [1.82, 2.24) is 0 Å². The second-order valence-electron chi connectivity index (χ2n) is 5.61. The predicted molar refractivity (Wildman–Crippen MR) is 54.8 cm³/mol. The molecular formula is C12H20O2. The lowest BCUT2D eigenvalue weighted by Gasteiger charge is -2.33. The predicted octanol–water partition coefficient (Wildman–Crippen LogP) is 2.01. The van der Waals surface area contributed by atoms with Gasteiger partial charge in [-0.05, 0) is 30.1 Å². The largest absolute Gasteiger partial charge is 0.392 e. The van der Waals surface area contributed by atoms with Crippen LogP contribution in [0.4, 0.5) is 0 Å². The fraction of sp³-hybridized carbons (Fsp3) is 0.917. The number of aliphatic hydroxyl groups excluding tert-OH is 1. The van der Waals surface area contributed by atoms with E-state index < -0.39 is 0 Å². The van der Waals surface area contributed by atoms with Crippen LogP contribution in [0.15, 0.2) is 0 Å². The quantitative estimate of drug-likeness (QED) is 0.696. The zero-order valence-corrected chi connectivity index (χ0v) is 9.29. The SMILES string of the molecule is CC(C)[C@H]1CC(=O)[C@@H]2[C@H](O)CC[C@]12C. The average Bonchev–Trinajstić information content (AvgIpc) is 2.51. The van der Waals surface area contributed by atoms with Crippen LogP contribution >= 0.6 is 0 Å². The van der Waals surface area contributed by atoms with Crippen LogP contribution in [0.5, 0.6) is 0 Å². The fourth-order valence-corrected chi connectivity index (χ4v) is 3.79. The molecule has 0 aromatic rings. The Morgan fingerprint density at radius 2 is 2.14 bits per heavy atom. The minimum atomic E-state index is -0.365. The van der Waals surface area contributed by atoms with Gasteiger partial charge in [0.1, 0.15) is 5.78 Å². The summed E-state index contributed by atoms with van der Waals surface area (Å²) in [6, 6.07) is 0. The molecule has 0 aliphatic heterocycles. The van der Waals surface area contributed by atoms with E-state index in [1.807, 2.05) is 0 Å². The van der Waals surface area contributed by atoms with Gasteiger partial charge in [0.15, 0.2) is 0 Å². The van der Waals surface area contributed by atoms with Crippen molar-refractivity contribution < 1.29 is 9.90 Å². The second kappa shape index (κ2) is 3.06. The zero-order chi connectivity index (χ0) is 10.5. The summed E-state index contributed by atoms with van der Waals surface area (Å²) in [5.41, 5.74) is 0.0880. The molecule has 1 N–H and O–H groups in total. The minimum absolute atomic E-state index is 0.0603. The van der Waals surface area contributed by atoms with E-state index in [2.05, 4.69) is 20.8 Å². The van der Waals surface area contributed by atoms with Gasteiger partial charge in [0.05, 0.1) is 6.10 Å². The van der Waals surface area contributed by atoms with Crippen LogP contribution in [0, 0.1) is 23.2 Å². The molecule has 2 nitrogen and oxygen atoms in total. The van der Waals surface area contributed by atoms with Gasteiger partial charge in [-0.25, -0.2) is 0 Å². The molecule has 2 heteroatoms. The first-order valence-corrected chi connectivity index (χ1v) is 5.67. The molecule has 2 fully saturated rings. The van der Waals surface area contributed by atoms with Gasteiger partial charge in [-0.3, -0.25) is 4.79 Å². The maximum absolute atomic E-state index is 11.8. The van der Waals surface area contributed by atoms with Gasteiger partial charge >= 0.3 is 0 Å². The Morgan fingerprint density at radius 3 is 2.71 bits per heavy atom. The Balaban J connectivity index is 2.32. The van der Waals surface area contributed by atoms with E-state index >= 15 is 0 Å². The third-order valence-electron chi connectivity index (χ3n) is 4.49. The number of Topliss-reactive ketones (excluding diaryl/α,β-unsaturated/α-hetero) is 1. The summed E-state index contributed by atoms with van der Waals surface area (Å²) >= 11 is 0.